The molecule has 1 aliphatic rings. The Kier molecular flexibility index (Phi) is 3.95. The van der Waals surface area contributed by atoms with Crippen LogP contribution in [0.3, 0.4) is 0 Å². The number of hydrogen-bond acceptors (Lipinski definition) is 2. The Hall–Kier alpha value is -1.15. The van der Waals surface area contributed by atoms with Crippen molar-refractivity contribution in [2.75, 3.05) is 6.61 Å². The summed E-state index contributed by atoms with van der Waals surface area (Å²) in [7, 11) is 0. The van der Waals surface area contributed by atoms with E-state index < -0.39 is 0 Å². The third-order valence-electron chi connectivity index (χ3n) is 3.35. The zero-order valence-electron chi connectivity index (χ0n) is 10.6. The predicted molar refractivity (Wildman–Crippen MR) is 68.3 cm³/mol. The van der Waals surface area contributed by atoms with Crippen molar-refractivity contribution in [1.82, 2.24) is 0 Å². The van der Waals surface area contributed by atoms with Crippen molar-refractivity contribution >= 4 is 5.78 Å². The van der Waals surface area contributed by atoms with Gasteiger partial charge in [0.1, 0.15) is 0 Å². The summed E-state index contributed by atoms with van der Waals surface area (Å²) in [4.78, 5) is 12.2. The smallest absolute Gasteiger partial charge is 0.168 e. The molecule has 1 aromatic carbocycles. The molecule has 0 N–H and O–H groups in total. The first-order chi connectivity index (χ1) is 8.20. The standard InChI is InChI=1S/C15H20O2/c1-3-4-12-5-7-13(8-6-12)15(16)14-9-11(2)17-10-14/h5-8,11,14H,3-4,9-10H2,1-2H3. The fraction of sp³-hybridized carbons (Fsp3) is 0.533. The van der Waals surface area contributed by atoms with Crippen LogP contribution in [0.4, 0.5) is 0 Å². The van der Waals surface area contributed by atoms with Gasteiger partial charge in [-0.25, -0.2) is 0 Å². The van der Waals surface area contributed by atoms with Gasteiger partial charge >= 0.3 is 0 Å². The molecule has 1 heterocycles. The Morgan fingerprint density at radius 1 is 1.35 bits per heavy atom. The second kappa shape index (κ2) is 5.46. The summed E-state index contributed by atoms with van der Waals surface area (Å²) in [6.07, 6.45) is 3.30. The maximum atomic E-state index is 12.2. The first-order valence-electron chi connectivity index (χ1n) is 6.45. The molecular formula is C15H20O2. The number of ketones is 1. The fourth-order valence-corrected chi connectivity index (χ4v) is 2.36. The van der Waals surface area contributed by atoms with Crippen molar-refractivity contribution in [3.05, 3.63) is 35.4 Å². The van der Waals surface area contributed by atoms with Gasteiger partial charge in [0.25, 0.3) is 0 Å². The van der Waals surface area contributed by atoms with Gasteiger partial charge in [-0.15, -0.1) is 0 Å². The van der Waals surface area contributed by atoms with Gasteiger partial charge in [0.05, 0.1) is 12.7 Å². The molecule has 0 amide bonds. The molecule has 2 unspecified atom stereocenters. The quantitative estimate of drug-likeness (QED) is 0.745. The summed E-state index contributed by atoms with van der Waals surface area (Å²) in [6, 6.07) is 8.04. The van der Waals surface area contributed by atoms with Gasteiger partial charge in [0.2, 0.25) is 0 Å². The van der Waals surface area contributed by atoms with Gasteiger partial charge in [0, 0.05) is 11.5 Å². The van der Waals surface area contributed by atoms with Crippen LogP contribution >= 0.6 is 0 Å². The zero-order valence-corrected chi connectivity index (χ0v) is 10.6. The Bertz CT molecular complexity index is 380. The molecule has 2 rings (SSSR count). The number of benzene rings is 1. The molecule has 0 spiro atoms. The maximum Gasteiger partial charge on any atom is 0.168 e. The normalized spacial score (nSPS) is 23.9. The lowest BCUT2D eigenvalue weighted by Crippen LogP contribution is -2.14. The van der Waals surface area contributed by atoms with E-state index in [4.69, 9.17) is 4.74 Å². The van der Waals surface area contributed by atoms with E-state index in [2.05, 4.69) is 19.1 Å². The van der Waals surface area contributed by atoms with E-state index in [1.807, 2.05) is 19.1 Å². The van der Waals surface area contributed by atoms with Crippen molar-refractivity contribution in [3.63, 3.8) is 0 Å². The van der Waals surface area contributed by atoms with Crippen molar-refractivity contribution in [2.24, 2.45) is 5.92 Å². The molecule has 0 aromatic heterocycles. The van der Waals surface area contributed by atoms with E-state index in [9.17, 15) is 4.79 Å². The lowest BCUT2D eigenvalue weighted by Gasteiger charge is -2.07. The number of rotatable bonds is 4. The maximum absolute atomic E-state index is 12.2. The van der Waals surface area contributed by atoms with Gasteiger partial charge in [-0.1, -0.05) is 37.6 Å². The number of carbonyl (C=O) groups is 1. The Labute approximate surface area is 103 Å². The van der Waals surface area contributed by atoms with Gasteiger partial charge in [-0.2, -0.15) is 0 Å². The molecule has 1 aromatic rings. The van der Waals surface area contributed by atoms with E-state index in [1.165, 1.54) is 5.56 Å². The average Bonchev–Trinajstić information content (AvgIpc) is 2.76. The SMILES string of the molecule is CCCc1ccc(C(=O)C2COC(C)C2)cc1. The van der Waals surface area contributed by atoms with Gasteiger partial charge in [-0.3, -0.25) is 4.79 Å². The molecule has 2 atom stereocenters. The number of carbonyl (C=O) groups excluding carboxylic acids is 1. The molecule has 1 fully saturated rings. The van der Waals surface area contributed by atoms with Crippen LogP contribution in [0.15, 0.2) is 24.3 Å². The lowest BCUT2D eigenvalue weighted by molar-refractivity contribution is 0.0877. The zero-order chi connectivity index (χ0) is 12.3. The van der Waals surface area contributed by atoms with E-state index >= 15 is 0 Å². The molecule has 0 radical (unpaired) electrons. The summed E-state index contributed by atoms with van der Waals surface area (Å²) in [5.74, 6) is 0.291. The second-order valence-electron chi connectivity index (χ2n) is 4.89. The highest BCUT2D eigenvalue weighted by Crippen LogP contribution is 2.23. The van der Waals surface area contributed by atoms with Crippen molar-refractivity contribution < 1.29 is 9.53 Å². The van der Waals surface area contributed by atoms with Gasteiger partial charge in [-0.05, 0) is 25.3 Å². The molecule has 2 nitrogen and oxygen atoms in total. The van der Waals surface area contributed by atoms with Crippen LogP contribution in [0, 0.1) is 5.92 Å². The molecule has 17 heavy (non-hydrogen) atoms. The highest BCUT2D eigenvalue weighted by atomic mass is 16.5. The second-order valence-corrected chi connectivity index (χ2v) is 4.89. The summed E-state index contributed by atoms with van der Waals surface area (Å²) < 4.78 is 5.45. The summed E-state index contributed by atoms with van der Waals surface area (Å²) in [6.45, 7) is 4.77. The van der Waals surface area contributed by atoms with Crippen LogP contribution in [0.1, 0.15) is 42.6 Å². The van der Waals surface area contributed by atoms with Crippen molar-refractivity contribution in [1.29, 1.82) is 0 Å². The number of hydrogen-bond donors (Lipinski definition) is 0. The first-order valence-corrected chi connectivity index (χ1v) is 6.45. The third kappa shape index (κ3) is 2.95. The van der Waals surface area contributed by atoms with Crippen LogP contribution in [0.5, 0.6) is 0 Å². The summed E-state index contributed by atoms with van der Waals surface area (Å²) in [5, 5.41) is 0. The average molecular weight is 232 g/mol. The topological polar surface area (TPSA) is 26.3 Å². The number of ether oxygens (including phenoxy) is 1. The summed E-state index contributed by atoms with van der Waals surface area (Å²) >= 11 is 0. The highest BCUT2D eigenvalue weighted by Gasteiger charge is 2.28. The van der Waals surface area contributed by atoms with Crippen LogP contribution in [0.25, 0.3) is 0 Å². The van der Waals surface area contributed by atoms with Crippen LogP contribution < -0.4 is 0 Å². The van der Waals surface area contributed by atoms with Crippen LogP contribution in [-0.2, 0) is 11.2 Å². The molecule has 0 bridgehead atoms. The molecule has 0 aliphatic carbocycles. The first kappa shape index (κ1) is 12.3. The number of Topliss-reactive ketones (excluding diaryl/α,β-unsaturated/α-hetero) is 1. The minimum Gasteiger partial charge on any atom is -0.378 e. The van der Waals surface area contributed by atoms with Gasteiger partial charge in [0.15, 0.2) is 5.78 Å². The number of aryl methyl sites for hydroxylation is 1. The van der Waals surface area contributed by atoms with Crippen LogP contribution in [-0.4, -0.2) is 18.5 Å². The Morgan fingerprint density at radius 2 is 2.06 bits per heavy atom. The Balaban J connectivity index is 2.04. The molecule has 92 valence electrons. The summed E-state index contributed by atoms with van der Waals surface area (Å²) in [5.41, 5.74) is 2.13. The lowest BCUT2D eigenvalue weighted by atomic mass is 9.94. The molecule has 1 saturated heterocycles. The Morgan fingerprint density at radius 3 is 2.59 bits per heavy atom. The molecule has 0 saturated carbocycles. The van der Waals surface area contributed by atoms with Crippen molar-refractivity contribution in [2.45, 2.75) is 39.2 Å². The van der Waals surface area contributed by atoms with E-state index in [1.54, 1.807) is 0 Å². The van der Waals surface area contributed by atoms with E-state index in [-0.39, 0.29) is 17.8 Å². The minimum absolute atomic E-state index is 0.0574. The van der Waals surface area contributed by atoms with Crippen molar-refractivity contribution in [3.8, 4) is 0 Å². The molecular weight excluding hydrogens is 212 g/mol. The largest absolute Gasteiger partial charge is 0.378 e. The van der Waals surface area contributed by atoms with E-state index in [0.717, 1.165) is 24.8 Å². The monoisotopic (exact) mass is 232 g/mol. The highest BCUT2D eigenvalue weighted by molar-refractivity contribution is 5.98. The van der Waals surface area contributed by atoms with Crippen LogP contribution in [0.2, 0.25) is 0 Å². The molecule has 2 heteroatoms. The predicted octanol–water partition coefficient (Wildman–Crippen LogP) is 3.25. The van der Waals surface area contributed by atoms with E-state index in [0.29, 0.717) is 6.61 Å². The molecule has 1 aliphatic heterocycles. The third-order valence-corrected chi connectivity index (χ3v) is 3.35. The fourth-order valence-electron chi connectivity index (χ4n) is 2.36. The van der Waals surface area contributed by atoms with Gasteiger partial charge < -0.3 is 4.74 Å². The minimum atomic E-state index is 0.0574.